The van der Waals surface area contributed by atoms with E-state index in [1.807, 2.05) is 18.2 Å². The van der Waals surface area contributed by atoms with Crippen LogP contribution in [0.15, 0.2) is 24.4 Å². The number of hydrogen-bond acceptors (Lipinski definition) is 4. The fourth-order valence-electron chi connectivity index (χ4n) is 2.38. The monoisotopic (exact) mass is 336 g/mol. The highest BCUT2D eigenvalue weighted by Crippen LogP contribution is 2.28. The first-order valence-corrected chi connectivity index (χ1v) is 7.49. The number of rotatable bonds is 2. The predicted molar refractivity (Wildman–Crippen MR) is 86.1 cm³/mol. The Balaban J connectivity index is 1.75. The molecule has 0 atom stereocenters. The van der Waals surface area contributed by atoms with Crippen LogP contribution in [0.3, 0.4) is 0 Å². The molecule has 1 aromatic carbocycles. The molecule has 0 saturated carbocycles. The van der Waals surface area contributed by atoms with E-state index in [0.717, 1.165) is 17.1 Å². The van der Waals surface area contributed by atoms with Crippen molar-refractivity contribution in [2.24, 2.45) is 7.05 Å². The molecule has 0 radical (unpaired) electrons. The smallest absolute Gasteiger partial charge is 0.323 e. The summed E-state index contributed by atoms with van der Waals surface area (Å²) >= 11 is 6.02. The van der Waals surface area contributed by atoms with Gasteiger partial charge in [-0.3, -0.25) is 10.00 Å². The highest BCUT2D eigenvalue weighted by atomic mass is 35.5. The summed E-state index contributed by atoms with van der Waals surface area (Å²) in [5, 5.41) is 7.24. The number of benzene rings is 1. The molecule has 7 nitrogen and oxygen atoms in total. The van der Waals surface area contributed by atoms with Crippen LogP contribution in [0, 0.1) is 0 Å². The van der Waals surface area contributed by atoms with Crippen molar-refractivity contribution in [1.29, 1.82) is 0 Å². The minimum atomic E-state index is -0.266. The number of methoxy groups -OCH3 is 1. The lowest BCUT2D eigenvalue weighted by Gasteiger charge is -2.19. The van der Waals surface area contributed by atoms with Gasteiger partial charge in [-0.2, -0.15) is 5.10 Å². The Hall–Kier alpha value is -2.41. The quantitative estimate of drug-likeness (QED) is 0.915. The molecular formula is C15H17ClN4O3. The molecule has 1 aliphatic heterocycles. The second-order valence-electron chi connectivity index (χ2n) is 5.17. The zero-order chi connectivity index (χ0) is 16.4. The zero-order valence-electron chi connectivity index (χ0n) is 12.9. The molecule has 3 rings (SSSR count). The van der Waals surface area contributed by atoms with Gasteiger partial charge in [0.1, 0.15) is 23.1 Å². The summed E-state index contributed by atoms with van der Waals surface area (Å²) in [5.41, 5.74) is 0.922. The topological polar surface area (TPSA) is 68.6 Å². The van der Waals surface area contributed by atoms with E-state index in [9.17, 15) is 4.79 Å². The second kappa shape index (κ2) is 6.37. The van der Waals surface area contributed by atoms with Crippen LogP contribution >= 0.6 is 11.6 Å². The zero-order valence-corrected chi connectivity index (χ0v) is 13.6. The van der Waals surface area contributed by atoms with E-state index in [2.05, 4.69) is 10.4 Å². The first-order valence-electron chi connectivity index (χ1n) is 7.11. The number of aryl methyl sites for hydroxylation is 1. The molecule has 0 fully saturated rings. The Morgan fingerprint density at radius 1 is 1.48 bits per heavy atom. The minimum Gasteiger partial charge on any atom is -0.497 e. The number of carbonyl (C=O) groups excluding carboxylic acids is 1. The summed E-state index contributed by atoms with van der Waals surface area (Å²) in [6, 6.07) is 5.30. The van der Waals surface area contributed by atoms with Crippen LogP contribution in [0.25, 0.3) is 0 Å². The summed E-state index contributed by atoms with van der Waals surface area (Å²) in [5.74, 6) is 1.80. The van der Waals surface area contributed by atoms with Gasteiger partial charge in [0, 0.05) is 24.9 Å². The van der Waals surface area contributed by atoms with E-state index in [-0.39, 0.29) is 6.03 Å². The normalized spacial score (nSPS) is 13.8. The van der Waals surface area contributed by atoms with Gasteiger partial charge in [0.15, 0.2) is 5.82 Å². The lowest BCUT2D eigenvalue weighted by Crippen LogP contribution is -2.36. The Morgan fingerprint density at radius 3 is 3.00 bits per heavy atom. The Bertz CT molecular complexity index is 732. The summed E-state index contributed by atoms with van der Waals surface area (Å²) < 4.78 is 12.4. The molecule has 0 spiro atoms. The molecule has 0 aliphatic carbocycles. The molecular weight excluding hydrogens is 320 g/mol. The van der Waals surface area contributed by atoms with Crippen LogP contribution in [0.1, 0.15) is 5.56 Å². The number of urea groups is 1. The summed E-state index contributed by atoms with van der Waals surface area (Å²) in [4.78, 5) is 14.1. The number of amides is 2. The van der Waals surface area contributed by atoms with Gasteiger partial charge in [-0.05, 0) is 12.1 Å². The SMILES string of the molecule is COc1ccc2c(c1)OCCN(C(=O)Nc1nn(C)cc1Cl)C2. The average Bonchev–Trinajstić information content (AvgIpc) is 2.74. The van der Waals surface area contributed by atoms with Crippen molar-refractivity contribution in [1.82, 2.24) is 14.7 Å². The number of carbonyl (C=O) groups is 1. The van der Waals surface area contributed by atoms with Gasteiger partial charge in [-0.15, -0.1) is 0 Å². The van der Waals surface area contributed by atoms with Crippen molar-refractivity contribution in [3.05, 3.63) is 35.0 Å². The molecule has 1 N–H and O–H groups in total. The number of hydrogen-bond donors (Lipinski definition) is 1. The molecule has 1 aliphatic rings. The molecule has 2 amide bonds. The average molecular weight is 337 g/mol. The van der Waals surface area contributed by atoms with Crippen LogP contribution in [0.4, 0.5) is 10.6 Å². The highest BCUT2D eigenvalue weighted by molar-refractivity contribution is 6.33. The molecule has 122 valence electrons. The van der Waals surface area contributed by atoms with Crippen LogP contribution in [0.2, 0.25) is 5.02 Å². The first kappa shape index (κ1) is 15.5. The molecule has 0 saturated heterocycles. The third-order valence-electron chi connectivity index (χ3n) is 3.55. The van der Waals surface area contributed by atoms with Crippen LogP contribution in [-0.4, -0.2) is 41.0 Å². The summed E-state index contributed by atoms with van der Waals surface area (Å²) in [6.07, 6.45) is 1.63. The minimum absolute atomic E-state index is 0.266. The fraction of sp³-hybridized carbons (Fsp3) is 0.333. The molecule has 0 unspecified atom stereocenters. The number of ether oxygens (including phenoxy) is 2. The Morgan fingerprint density at radius 2 is 2.30 bits per heavy atom. The molecule has 2 heterocycles. The van der Waals surface area contributed by atoms with E-state index in [0.29, 0.717) is 30.5 Å². The molecule has 8 heteroatoms. The first-order chi connectivity index (χ1) is 11.1. The fourth-order valence-corrected chi connectivity index (χ4v) is 2.60. The number of anilines is 1. The maximum Gasteiger partial charge on any atom is 0.323 e. The largest absolute Gasteiger partial charge is 0.497 e. The lowest BCUT2D eigenvalue weighted by molar-refractivity contribution is 0.200. The Kier molecular flexibility index (Phi) is 4.29. The maximum absolute atomic E-state index is 12.4. The molecule has 0 bridgehead atoms. The van der Waals surface area contributed by atoms with Crippen molar-refractivity contribution in [3.63, 3.8) is 0 Å². The van der Waals surface area contributed by atoms with Crippen molar-refractivity contribution in [2.45, 2.75) is 6.54 Å². The van der Waals surface area contributed by atoms with Gasteiger partial charge in [0.05, 0.1) is 20.2 Å². The predicted octanol–water partition coefficient (Wildman–Crippen LogP) is 2.51. The van der Waals surface area contributed by atoms with E-state index >= 15 is 0 Å². The number of fused-ring (bicyclic) bond motifs is 1. The van der Waals surface area contributed by atoms with E-state index < -0.39 is 0 Å². The number of halogens is 1. The van der Waals surface area contributed by atoms with Gasteiger partial charge in [0.25, 0.3) is 0 Å². The lowest BCUT2D eigenvalue weighted by atomic mass is 10.2. The van der Waals surface area contributed by atoms with E-state index in [1.54, 1.807) is 29.9 Å². The number of nitrogens with one attached hydrogen (secondary N) is 1. The summed E-state index contributed by atoms with van der Waals surface area (Å²) in [6.45, 7) is 1.31. The molecule has 23 heavy (non-hydrogen) atoms. The third-order valence-corrected chi connectivity index (χ3v) is 3.83. The van der Waals surface area contributed by atoms with Crippen LogP contribution < -0.4 is 14.8 Å². The molecule has 1 aromatic heterocycles. The van der Waals surface area contributed by atoms with Crippen LogP contribution in [-0.2, 0) is 13.6 Å². The molecule has 2 aromatic rings. The van der Waals surface area contributed by atoms with E-state index in [1.165, 1.54) is 0 Å². The van der Waals surface area contributed by atoms with Gasteiger partial charge in [-0.1, -0.05) is 11.6 Å². The van der Waals surface area contributed by atoms with Crippen molar-refractivity contribution in [3.8, 4) is 11.5 Å². The van der Waals surface area contributed by atoms with Gasteiger partial charge >= 0.3 is 6.03 Å². The van der Waals surface area contributed by atoms with Crippen LogP contribution in [0.5, 0.6) is 11.5 Å². The maximum atomic E-state index is 12.4. The second-order valence-corrected chi connectivity index (χ2v) is 5.58. The highest BCUT2D eigenvalue weighted by Gasteiger charge is 2.21. The number of aromatic nitrogens is 2. The van der Waals surface area contributed by atoms with Crippen molar-refractivity contribution < 1.29 is 14.3 Å². The summed E-state index contributed by atoms with van der Waals surface area (Å²) in [7, 11) is 3.35. The Labute approximate surface area is 138 Å². The van der Waals surface area contributed by atoms with E-state index in [4.69, 9.17) is 21.1 Å². The van der Waals surface area contributed by atoms with Gasteiger partial charge < -0.3 is 14.4 Å². The third kappa shape index (κ3) is 3.34. The van der Waals surface area contributed by atoms with Gasteiger partial charge in [0.2, 0.25) is 0 Å². The number of nitrogens with zero attached hydrogens (tertiary/aromatic N) is 3. The standard InChI is InChI=1S/C15H17ClN4O3/c1-19-9-12(16)14(18-19)17-15(21)20-5-6-23-13-7-11(22-2)4-3-10(13)8-20/h3-4,7,9H,5-6,8H2,1-2H3,(H,17,18,21). The van der Waals surface area contributed by atoms with Gasteiger partial charge in [-0.25, -0.2) is 4.79 Å². The van der Waals surface area contributed by atoms with Crippen molar-refractivity contribution in [2.75, 3.05) is 25.6 Å². The van der Waals surface area contributed by atoms with Crippen molar-refractivity contribution >= 4 is 23.4 Å².